The minimum Gasteiger partial charge on any atom is -0.503 e. The van der Waals surface area contributed by atoms with E-state index in [1.165, 1.54) is 29.2 Å². The van der Waals surface area contributed by atoms with Crippen LogP contribution in [0, 0.1) is 5.82 Å². The Kier molecular flexibility index (Phi) is 5.18. The molecule has 33 heavy (non-hydrogen) atoms. The van der Waals surface area contributed by atoms with Crippen molar-refractivity contribution in [2.45, 2.75) is 12.6 Å². The number of nitrogens with zero attached hydrogens (tertiary/aromatic N) is 2. The van der Waals surface area contributed by atoms with Crippen molar-refractivity contribution < 1.29 is 23.5 Å². The smallest absolute Gasteiger partial charge is 0.290 e. The molecule has 1 unspecified atom stereocenters. The number of aromatic nitrogens is 1. The number of halogens is 2. The summed E-state index contributed by atoms with van der Waals surface area (Å²) in [6, 6.07) is 16.2. The Hall–Kier alpha value is -3.97. The Morgan fingerprint density at radius 3 is 2.67 bits per heavy atom. The lowest BCUT2D eigenvalue weighted by Gasteiger charge is -2.26. The van der Waals surface area contributed by atoms with Crippen LogP contribution in [0.4, 0.5) is 4.39 Å². The van der Waals surface area contributed by atoms with Gasteiger partial charge in [-0.3, -0.25) is 14.6 Å². The summed E-state index contributed by atoms with van der Waals surface area (Å²) < 4.78 is 20.5. The van der Waals surface area contributed by atoms with Crippen molar-refractivity contribution in [3.8, 4) is 0 Å². The van der Waals surface area contributed by atoms with Crippen molar-refractivity contribution in [2.24, 2.45) is 0 Å². The van der Waals surface area contributed by atoms with Gasteiger partial charge in [-0.1, -0.05) is 35.9 Å². The molecule has 4 aromatic rings. The highest BCUT2D eigenvalue weighted by Crippen LogP contribution is 2.41. The number of fused-ring (bicyclic) bond motifs is 1. The molecule has 0 bridgehead atoms. The molecule has 2 aromatic heterocycles. The van der Waals surface area contributed by atoms with Crippen LogP contribution in [0.2, 0.25) is 5.02 Å². The van der Waals surface area contributed by atoms with Crippen molar-refractivity contribution >= 4 is 34.3 Å². The largest absolute Gasteiger partial charge is 0.503 e. The minimum absolute atomic E-state index is 0.0325. The molecule has 1 N–H and O–H groups in total. The van der Waals surface area contributed by atoms with Crippen molar-refractivity contribution in [1.29, 1.82) is 0 Å². The Labute approximate surface area is 192 Å². The molecule has 5 rings (SSSR count). The van der Waals surface area contributed by atoms with Crippen molar-refractivity contribution in [3.05, 3.63) is 112 Å². The average molecular weight is 463 g/mol. The van der Waals surface area contributed by atoms with Gasteiger partial charge in [-0.2, -0.15) is 0 Å². The van der Waals surface area contributed by atoms with E-state index in [0.29, 0.717) is 21.7 Å². The van der Waals surface area contributed by atoms with Gasteiger partial charge in [0, 0.05) is 22.2 Å². The first kappa shape index (κ1) is 20.9. The van der Waals surface area contributed by atoms with Crippen molar-refractivity contribution in [2.75, 3.05) is 0 Å². The molecule has 1 aliphatic rings. The summed E-state index contributed by atoms with van der Waals surface area (Å²) in [6.45, 7) is -0.0325. The van der Waals surface area contributed by atoms with Gasteiger partial charge in [-0.05, 0) is 42.5 Å². The van der Waals surface area contributed by atoms with Crippen LogP contribution >= 0.6 is 11.6 Å². The Bertz CT molecular complexity index is 1430. The third-order valence-corrected chi connectivity index (χ3v) is 5.74. The second-order valence-corrected chi connectivity index (χ2v) is 8.00. The van der Waals surface area contributed by atoms with E-state index >= 15 is 0 Å². The number of aliphatic hydroxyl groups is 1. The van der Waals surface area contributed by atoms with E-state index in [-0.39, 0.29) is 23.4 Å². The van der Waals surface area contributed by atoms with Gasteiger partial charge < -0.3 is 14.4 Å². The lowest BCUT2D eigenvalue weighted by atomic mass is 9.94. The predicted octanol–water partition coefficient (Wildman–Crippen LogP) is 5.40. The van der Waals surface area contributed by atoms with Crippen LogP contribution < -0.4 is 0 Å². The molecule has 0 spiro atoms. The lowest BCUT2D eigenvalue weighted by Crippen LogP contribution is -2.31. The second-order valence-electron chi connectivity index (χ2n) is 7.56. The molecule has 164 valence electrons. The highest BCUT2D eigenvalue weighted by atomic mass is 35.5. The van der Waals surface area contributed by atoms with Crippen LogP contribution in [0.15, 0.2) is 88.7 Å². The van der Waals surface area contributed by atoms with Crippen molar-refractivity contribution in [3.63, 3.8) is 0 Å². The third kappa shape index (κ3) is 3.66. The van der Waals surface area contributed by atoms with Gasteiger partial charge in [-0.25, -0.2) is 4.39 Å². The van der Waals surface area contributed by atoms with E-state index in [2.05, 4.69) is 4.98 Å². The first-order chi connectivity index (χ1) is 15.9. The van der Waals surface area contributed by atoms with Gasteiger partial charge in [0.15, 0.2) is 11.5 Å². The monoisotopic (exact) mass is 462 g/mol. The minimum atomic E-state index is -1.16. The lowest BCUT2D eigenvalue weighted by molar-refractivity contribution is -0.130. The summed E-state index contributed by atoms with van der Waals surface area (Å²) in [4.78, 5) is 32.0. The van der Waals surface area contributed by atoms with E-state index in [1.807, 2.05) is 0 Å². The summed E-state index contributed by atoms with van der Waals surface area (Å²) in [7, 11) is 0. The van der Waals surface area contributed by atoms with Crippen LogP contribution in [-0.2, 0) is 11.3 Å². The fourth-order valence-electron chi connectivity index (χ4n) is 3.99. The molecule has 0 aliphatic carbocycles. The highest BCUT2D eigenvalue weighted by molar-refractivity contribution is 6.31. The quantitative estimate of drug-likeness (QED) is 0.401. The zero-order valence-electron chi connectivity index (χ0n) is 17.0. The van der Waals surface area contributed by atoms with Crippen LogP contribution in [-0.4, -0.2) is 26.7 Å². The highest BCUT2D eigenvalue weighted by Gasteiger charge is 2.45. The molecule has 1 aliphatic heterocycles. The maximum absolute atomic E-state index is 14.9. The van der Waals surface area contributed by atoms with E-state index < -0.39 is 29.3 Å². The van der Waals surface area contributed by atoms with Crippen LogP contribution in [0.3, 0.4) is 0 Å². The number of rotatable bonds is 5. The number of amides is 1. The van der Waals surface area contributed by atoms with Crippen LogP contribution in [0.1, 0.15) is 27.9 Å². The molecule has 8 heteroatoms. The number of aliphatic hydroxyl groups excluding tert-OH is 1. The molecule has 6 nitrogen and oxygen atoms in total. The van der Waals surface area contributed by atoms with Gasteiger partial charge in [0.25, 0.3) is 5.91 Å². The van der Waals surface area contributed by atoms with Crippen LogP contribution in [0.5, 0.6) is 0 Å². The number of ketones is 1. The molecule has 2 aromatic carbocycles. The molecule has 3 heterocycles. The number of pyridine rings is 1. The average Bonchev–Trinajstić information content (AvgIpc) is 3.34. The molecule has 1 atom stereocenters. The number of carbonyl (C=O) groups excluding carboxylic acids is 2. The van der Waals surface area contributed by atoms with E-state index in [1.54, 1.807) is 48.7 Å². The molecular formula is C25H16ClFN2O4. The fraction of sp³-hybridized carbons (Fsp3) is 0.0800. The van der Waals surface area contributed by atoms with Gasteiger partial charge in [0.05, 0.1) is 23.9 Å². The van der Waals surface area contributed by atoms with Gasteiger partial charge in [0.2, 0.25) is 5.78 Å². The normalized spacial score (nSPS) is 16.1. The van der Waals surface area contributed by atoms with Gasteiger partial charge >= 0.3 is 0 Å². The van der Waals surface area contributed by atoms with Gasteiger partial charge in [0.1, 0.15) is 11.4 Å². The summed E-state index contributed by atoms with van der Waals surface area (Å²) in [5, 5.41) is 11.8. The topological polar surface area (TPSA) is 83.6 Å². The zero-order valence-corrected chi connectivity index (χ0v) is 17.8. The molecule has 1 amide bonds. The number of carbonyl (C=O) groups is 2. The standard InChI is InChI=1S/C25H16ClFN2O4/c26-15-8-9-19-14(11-15)12-20(33-19)23(30)21-22(17-6-1-2-7-18(17)27)29(25(32)24(21)31)13-16-5-3-4-10-28-16/h1-12,22,31H,13H2. The van der Waals surface area contributed by atoms with Crippen molar-refractivity contribution in [1.82, 2.24) is 9.88 Å². The number of hydrogen-bond acceptors (Lipinski definition) is 5. The SMILES string of the molecule is O=C(C1=C(O)C(=O)N(Cc2ccccn2)C1c1ccccc1F)c1cc2cc(Cl)ccc2o1. The number of hydrogen-bond donors (Lipinski definition) is 1. The molecule has 0 saturated heterocycles. The first-order valence-electron chi connectivity index (χ1n) is 10.1. The predicted molar refractivity (Wildman–Crippen MR) is 119 cm³/mol. The Morgan fingerprint density at radius 2 is 1.91 bits per heavy atom. The summed E-state index contributed by atoms with van der Waals surface area (Å²) in [6.07, 6.45) is 1.56. The van der Waals surface area contributed by atoms with Crippen LogP contribution in [0.25, 0.3) is 11.0 Å². The first-order valence-corrected chi connectivity index (χ1v) is 10.4. The van der Waals surface area contributed by atoms with Gasteiger partial charge in [-0.15, -0.1) is 0 Å². The maximum atomic E-state index is 14.9. The Morgan fingerprint density at radius 1 is 1.12 bits per heavy atom. The van der Waals surface area contributed by atoms with E-state index in [0.717, 1.165) is 0 Å². The molecule has 0 radical (unpaired) electrons. The molecule has 0 saturated carbocycles. The number of benzene rings is 2. The number of Topliss-reactive ketones (excluding diaryl/α,β-unsaturated/α-hetero) is 1. The summed E-state index contributed by atoms with van der Waals surface area (Å²) >= 11 is 6.02. The summed E-state index contributed by atoms with van der Waals surface area (Å²) in [5.74, 6) is -2.97. The van der Waals surface area contributed by atoms with E-state index in [9.17, 15) is 19.1 Å². The number of furan rings is 1. The Balaban J connectivity index is 1.62. The molecule has 0 fully saturated rings. The molecular weight excluding hydrogens is 447 g/mol. The maximum Gasteiger partial charge on any atom is 0.290 e. The zero-order chi connectivity index (χ0) is 23.1. The fourth-order valence-corrected chi connectivity index (χ4v) is 4.17. The van der Waals surface area contributed by atoms with E-state index in [4.69, 9.17) is 16.0 Å². The summed E-state index contributed by atoms with van der Waals surface area (Å²) in [5.41, 5.74) is 0.756. The third-order valence-electron chi connectivity index (χ3n) is 5.51. The second kappa shape index (κ2) is 8.18.